The first-order valence-corrected chi connectivity index (χ1v) is 8.46. The molecule has 0 amide bonds. The molecule has 0 unspecified atom stereocenters. The first kappa shape index (κ1) is 15.3. The maximum atomic E-state index is 11.8. The number of hydrogen-bond acceptors (Lipinski definition) is 3. The minimum atomic E-state index is -0.301. The predicted molar refractivity (Wildman–Crippen MR) is 95.6 cm³/mol. The van der Waals surface area contributed by atoms with Gasteiger partial charge in [0.15, 0.2) is 0 Å². The van der Waals surface area contributed by atoms with Gasteiger partial charge < -0.3 is 10.1 Å². The number of methoxy groups -OCH3 is 1. The molecule has 2 aromatic rings. The summed E-state index contributed by atoms with van der Waals surface area (Å²) in [6, 6.07) is 13.9. The second-order valence-electron chi connectivity index (χ2n) is 6.29. The second-order valence-corrected chi connectivity index (χ2v) is 6.70. The number of rotatable bonds is 2. The van der Waals surface area contributed by atoms with E-state index < -0.39 is 0 Å². The zero-order valence-corrected chi connectivity index (χ0v) is 14.1. The molecule has 1 N–H and O–H groups in total. The number of ether oxygens (including phenoxy) is 1. The van der Waals surface area contributed by atoms with Gasteiger partial charge in [0.25, 0.3) is 0 Å². The third-order valence-electron chi connectivity index (χ3n) is 5.02. The molecule has 0 spiro atoms. The van der Waals surface area contributed by atoms with E-state index in [0.29, 0.717) is 11.5 Å². The van der Waals surface area contributed by atoms with Crippen LogP contribution in [0, 0.1) is 5.92 Å². The average Bonchev–Trinajstić information content (AvgIpc) is 3.10. The lowest BCUT2D eigenvalue weighted by molar-refractivity contribution is 0.0600. The van der Waals surface area contributed by atoms with E-state index >= 15 is 0 Å². The van der Waals surface area contributed by atoms with E-state index in [0.717, 1.165) is 28.3 Å². The molecule has 1 aliphatic heterocycles. The number of halogens is 1. The van der Waals surface area contributed by atoms with Crippen LogP contribution in [-0.4, -0.2) is 13.1 Å². The van der Waals surface area contributed by atoms with Crippen molar-refractivity contribution in [1.82, 2.24) is 0 Å². The molecule has 0 fully saturated rings. The van der Waals surface area contributed by atoms with Gasteiger partial charge in [-0.25, -0.2) is 4.79 Å². The highest BCUT2D eigenvalue weighted by molar-refractivity contribution is 6.31. The van der Waals surface area contributed by atoms with Crippen LogP contribution in [0.25, 0.3) is 0 Å². The van der Waals surface area contributed by atoms with Crippen molar-refractivity contribution in [2.75, 3.05) is 12.4 Å². The Balaban J connectivity index is 1.78. The van der Waals surface area contributed by atoms with Crippen molar-refractivity contribution < 1.29 is 9.53 Å². The standard InChI is InChI=1S/C20H18ClNO2/c1-24-20(23)12-9-10-18-16(11-12)13-6-4-7-14(13)19(22-18)15-5-2-3-8-17(15)21/h2-6,8-11,13-14,19,22H,7H2,1H3/t13-,14-,19-/m1/s1. The van der Waals surface area contributed by atoms with Crippen molar-refractivity contribution in [2.45, 2.75) is 18.4 Å². The van der Waals surface area contributed by atoms with E-state index in [-0.39, 0.29) is 17.9 Å². The Kier molecular flexibility index (Phi) is 3.81. The first-order chi connectivity index (χ1) is 11.7. The second kappa shape index (κ2) is 5.99. The summed E-state index contributed by atoms with van der Waals surface area (Å²) >= 11 is 6.44. The van der Waals surface area contributed by atoms with Gasteiger partial charge in [-0.2, -0.15) is 0 Å². The van der Waals surface area contributed by atoms with Crippen LogP contribution in [0.3, 0.4) is 0 Å². The van der Waals surface area contributed by atoms with Gasteiger partial charge in [0.2, 0.25) is 0 Å². The van der Waals surface area contributed by atoms with E-state index in [1.807, 2.05) is 30.3 Å². The summed E-state index contributed by atoms with van der Waals surface area (Å²) in [5.41, 5.74) is 3.93. The zero-order valence-electron chi connectivity index (χ0n) is 13.3. The van der Waals surface area contributed by atoms with E-state index in [1.165, 1.54) is 7.11 Å². The largest absolute Gasteiger partial charge is 0.465 e. The van der Waals surface area contributed by atoms with Gasteiger partial charge in [-0.15, -0.1) is 0 Å². The van der Waals surface area contributed by atoms with Crippen molar-refractivity contribution in [3.8, 4) is 0 Å². The van der Waals surface area contributed by atoms with Crippen molar-refractivity contribution in [3.63, 3.8) is 0 Å². The normalized spacial score (nSPS) is 24.0. The van der Waals surface area contributed by atoms with Gasteiger partial charge in [0, 0.05) is 16.6 Å². The fourth-order valence-electron chi connectivity index (χ4n) is 3.87. The zero-order chi connectivity index (χ0) is 16.7. The molecule has 3 nitrogen and oxygen atoms in total. The van der Waals surface area contributed by atoms with Gasteiger partial charge in [-0.1, -0.05) is 42.0 Å². The Morgan fingerprint density at radius 3 is 2.83 bits per heavy atom. The lowest BCUT2D eigenvalue weighted by Gasteiger charge is -2.38. The van der Waals surface area contributed by atoms with E-state index in [1.54, 1.807) is 6.07 Å². The molecule has 1 heterocycles. The molecule has 24 heavy (non-hydrogen) atoms. The highest BCUT2D eigenvalue weighted by Gasteiger charge is 2.38. The molecule has 0 saturated carbocycles. The molecule has 2 aliphatic rings. The number of benzene rings is 2. The fourth-order valence-corrected chi connectivity index (χ4v) is 4.13. The number of anilines is 1. The molecule has 2 aromatic carbocycles. The summed E-state index contributed by atoms with van der Waals surface area (Å²) in [4.78, 5) is 11.8. The Morgan fingerprint density at radius 2 is 2.04 bits per heavy atom. The van der Waals surface area contributed by atoms with E-state index in [4.69, 9.17) is 16.3 Å². The van der Waals surface area contributed by atoms with E-state index in [2.05, 4.69) is 23.5 Å². The number of hydrogen-bond donors (Lipinski definition) is 1. The van der Waals surface area contributed by atoms with Crippen molar-refractivity contribution in [2.24, 2.45) is 5.92 Å². The minimum Gasteiger partial charge on any atom is -0.465 e. The van der Waals surface area contributed by atoms with E-state index in [9.17, 15) is 4.79 Å². The predicted octanol–water partition coefficient (Wildman–Crippen LogP) is 4.95. The molecule has 0 bridgehead atoms. The summed E-state index contributed by atoms with van der Waals surface area (Å²) in [5.74, 6) is 0.377. The van der Waals surface area contributed by atoms with Crippen LogP contribution in [0.4, 0.5) is 5.69 Å². The molecule has 3 atom stereocenters. The maximum absolute atomic E-state index is 11.8. The molecule has 0 saturated heterocycles. The van der Waals surface area contributed by atoms with Gasteiger partial charge >= 0.3 is 5.97 Å². The Labute approximate surface area is 146 Å². The maximum Gasteiger partial charge on any atom is 0.337 e. The van der Waals surface area contributed by atoms with Crippen LogP contribution >= 0.6 is 11.6 Å². The molecule has 1 aliphatic carbocycles. The summed E-state index contributed by atoms with van der Waals surface area (Å²) in [7, 11) is 1.41. The number of esters is 1. The van der Waals surface area contributed by atoms with Crippen molar-refractivity contribution >= 4 is 23.3 Å². The molecule has 4 heteroatoms. The van der Waals surface area contributed by atoms with Crippen molar-refractivity contribution in [3.05, 3.63) is 76.3 Å². The number of nitrogens with one attached hydrogen (secondary N) is 1. The van der Waals surface area contributed by atoms with Gasteiger partial charge in [-0.3, -0.25) is 0 Å². The van der Waals surface area contributed by atoms with Gasteiger partial charge in [0.05, 0.1) is 18.7 Å². The van der Waals surface area contributed by atoms with Crippen molar-refractivity contribution in [1.29, 1.82) is 0 Å². The van der Waals surface area contributed by atoms with Crippen LogP contribution in [0.1, 0.15) is 39.9 Å². The summed E-state index contributed by atoms with van der Waals surface area (Å²) in [6.07, 6.45) is 5.46. The smallest absolute Gasteiger partial charge is 0.337 e. The third-order valence-corrected chi connectivity index (χ3v) is 5.37. The summed E-state index contributed by atoms with van der Waals surface area (Å²) < 4.78 is 4.85. The molecular formula is C20H18ClNO2. The van der Waals surface area contributed by atoms with Crippen LogP contribution in [0.5, 0.6) is 0 Å². The fraction of sp³-hybridized carbons (Fsp3) is 0.250. The quantitative estimate of drug-likeness (QED) is 0.621. The SMILES string of the molecule is COC(=O)c1ccc2c(c1)[C@@H]1C=CC[C@H]1[C@H](c1ccccc1Cl)N2. The van der Waals surface area contributed by atoms with Gasteiger partial charge in [-0.05, 0) is 47.7 Å². The van der Waals surface area contributed by atoms with Crippen LogP contribution in [-0.2, 0) is 4.74 Å². The number of carbonyl (C=O) groups is 1. The highest BCUT2D eigenvalue weighted by atomic mass is 35.5. The van der Waals surface area contributed by atoms with Crippen LogP contribution < -0.4 is 5.32 Å². The molecule has 0 radical (unpaired) electrons. The monoisotopic (exact) mass is 339 g/mol. The summed E-state index contributed by atoms with van der Waals surface area (Å²) in [6.45, 7) is 0. The Morgan fingerprint density at radius 1 is 1.21 bits per heavy atom. The number of fused-ring (bicyclic) bond motifs is 3. The molecule has 0 aromatic heterocycles. The lowest BCUT2D eigenvalue weighted by atomic mass is 9.76. The first-order valence-electron chi connectivity index (χ1n) is 8.09. The molecular weight excluding hydrogens is 322 g/mol. The Bertz CT molecular complexity index is 830. The number of allylic oxidation sites excluding steroid dienone is 2. The van der Waals surface area contributed by atoms with Gasteiger partial charge in [0.1, 0.15) is 0 Å². The highest BCUT2D eigenvalue weighted by Crippen LogP contribution is 2.50. The van der Waals surface area contributed by atoms with Crippen LogP contribution in [0.15, 0.2) is 54.6 Å². The average molecular weight is 340 g/mol. The Hall–Kier alpha value is -2.26. The minimum absolute atomic E-state index is 0.162. The third kappa shape index (κ3) is 2.40. The summed E-state index contributed by atoms with van der Waals surface area (Å²) in [5, 5.41) is 4.42. The molecule has 122 valence electrons. The lowest BCUT2D eigenvalue weighted by Crippen LogP contribution is -2.29. The molecule has 4 rings (SSSR count). The number of carbonyl (C=O) groups excluding carboxylic acids is 1. The topological polar surface area (TPSA) is 38.3 Å². The van der Waals surface area contributed by atoms with Crippen LogP contribution in [0.2, 0.25) is 5.02 Å².